The summed E-state index contributed by atoms with van der Waals surface area (Å²) in [4.78, 5) is 0. The summed E-state index contributed by atoms with van der Waals surface area (Å²) in [6.07, 6.45) is 2.44. The van der Waals surface area contributed by atoms with Gasteiger partial charge in [0.2, 0.25) is 0 Å². The van der Waals surface area contributed by atoms with E-state index >= 15 is 0 Å². The Kier molecular flexibility index (Phi) is 4.11. The normalized spacial score (nSPS) is 12.6. The van der Waals surface area contributed by atoms with E-state index in [1.54, 1.807) is 12.3 Å². The summed E-state index contributed by atoms with van der Waals surface area (Å²) < 4.78 is 5.34. The number of halogens is 2. The topological polar surface area (TPSA) is 25.2 Å². The minimum atomic E-state index is 0.136. The number of likely N-dealkylation sites (N-methyl/N-ethyl adjacent to an activating group) is 1. The van der Waals surface area contributed by atoms with E-state index in [0.717, 1.165) is 17.7 Å². The van der Waals surface area contributed by atoms with E-state index in [9.17, 15) is 0 Å². The number of benzene rings is 1. The maximum Gasteiger partial charge on any atom is 0.105 e. The quantitative estimate of drug-likeness (QED) is 0.905. The molecule has 0 radical (unpaired) electrons. The smallest absolute Gasteiger partial charge is 0.105 e. The van der Waals surface area contributed by atoms with Crippen molar-refractivity contribution in [2.75, 3.05) is 7.05 Å². The van der Waals surface area contributed by atoms with Gasteiger partial charge in [0.25, 0.3) is 0 Å². The van der Waals surface area contributed by atoms with Crippen LogP contribution in [0.2, 0.25) is 10.0 Å². The molecule has 90 valence electrons. The molecular formula is C13H13Cl2NO. The monoisotopic (exact) mass is 269 g/mol. The third-order valence-electron chi connectivity index (χ3n) is 2.62. The van der Waals surface area contributed by atoms with E-state index in [0.29, 0.717) is 10.0 Å². The largest absolute Gasteiger partial charge is 0.469 e. The van der Waals surface area contributed by atoms with Crippen molar-refractivity contribution >= 4 is 23.2 Å². The highest BCUT2D eigenvalue weighted by Gasteiger charge is 2.13. The minimum absolute atomic E-state index is 0.136. The summed E-state index contributed by atoms with van der Waals surface area (Å²) >= 11 is 12.0. The summed E-state index contributed by atoms with van der Waals surface area (Å²) in [5.41, 5.74) is 1.06. The molecule has 0 aliphatic rings. The lowest BCUT2D eigenvalue weighted by atomic mass is 10.0. The lowest BCUT2D eigenvalue weighted by Crippen LogP contribution is -2.18. The third kappa shape index (κ3) is 3.25. The maximum atomic E-state index is 6.00. The van der Waals surface area contributed by atoms with E-state index in [2.05, 4.69) is 5.32 Å². The summed E-state index contributed by atoms with van der Waals surface area (Å²) in [6.45, 7) is 0. The third-order valence-corrected chi connectivity index (χ3v) is 3.06. The molecule has 0 aliphatic carbocycles. The average molecular weight is 270 g/mol. The van der Waals surface area contributed by atoms with Gasteiger partial charge in [0.1, 0.15) is 5.76 Å². The van der Waals surface area contributed by atoms with Gasteiger partial charge >= 0.3 is 0 Å². The fourth-order valence-corrected chi connectivity index (χ4v) is 2.34. The Labute approximate surface area is 111 Å². The first-order valence-corrected chi connectivity index (χ1v) is 6.10. The van der Waals surface area contributed by atoms with Gasteiger partial charge in [-0.25, -0.2) is 0 Å². The van der Waals surface area contributed by atoms with Crippen molar-refractivity contribution in [3.8, 4) is 0 Å². The molecule has 0 aliphatic heterocycles. The van der Waals surface area contributed by atoms with Crippen LogP contribution in [-0.4, -0.2) is 7.05 Å². The fourth-order valence-electron chi connectivity index (χ4n) is 1.79. The second-order valence-corrected chi connectivity index (χ2v) is 4.70. The average Bonchev–Trinajstić information content (AvgIpc) is 2.77. The van der Waals surface area contributed by atoms with E-state index in [1.807, 2.05) is 31.3 Å². The van der Waals surface area contributed by atoms with Crippen molar-refractivity contribution in [2.24, 2.45) is 0 Å². The van der Waals surface area contributed by atoms with Crippen LogP contribution in [0.25, 0.3) is 0 Å². The zero-order chi connectivity index (χ0) is 12.3. The van der Waals surface area contributed by atoms with Crippen LogP contribution in [0.15, 0.2) is 41.0 Å². The molecule has 17 heavy (non-hydrogen) atoms. The predicted octanol–water partition coefficient (Wildman–Crippen LogP) is 4.09. The summed E-state index contributed by atoms with van der Waals surface area (Å²) in [6, 6.07) is 9.53. The van der Waals surface area contributed by atoms with E-state index in [1.165, 1.54) is 0 Å². The first kappa shape index (κ1) is 12.5. The van der Waals surface area contributed by atoms with E-state index in [-0.39, 0.29) is 6.04 Å². The van der Waals surface area contributed by atoms with Crippen molar-refractivity contribution in [2.45, 2.75) is 12.5 Å². The van der Waals surface area contributed by atoms with Gasteiger partial charge in [-0.15, -0.1) is 0 Å². The molecule has 2 nitrogen and oxygen atoms in total. The molecule has 1 unspecified atom stereocenters. The van der Waals surface area contributed by atoms with Gasteiger partial charge in [-0.3, -0.25) is 0 Å². The molecule has 1 N–H and O–H groups in total. The standard InChI is InChI=1S/C13H13Cl2NO/c1-16-13(8-12-3-2-4-17-12)9-5-10(14)7-11(15)6-9/h2-7,13,16H,8H2,1H3. The Morgan fingerprint density at radius 2 is 1.94 bits per heavy atom. The van der Waals surface area contributed by atoms with Gasteiger partial charge in [-0.2, -0.15) is 0 Å². The fraction of sp³-hybridized carbons (Fsp3) is 0.231. The van der Waals surface area contributed by atoms with Gasteiger partial charge in [-0.1, -0.05) is 23.2 Å². The molecule has 1 aromatic heterocycles. The predicted molar refractivity (Wildman–Crippen MR) is 70.7 cm³/mol. The lowest BCUT2D eigenvalue weighted by molar-refractivity contribution is 0.466. The van der Waals surface area contributed by atoms with Gasteiger partial charge in [0.05, 0.1) is 6.26 Å². The molecule has 0 bridgehead atoms. The van der Waals surface area contributed by atoms with Crippen LogP contribution in [0.1, 0.15) is 17.4 Å². The van der Waals surface area contributed by atoms with Crippen LogP contribution in [0.4, 0.5) is 0 Å². The Morgan fingerprint density at radius 3 is 2.47 bits per heavy atom. The van der Waals surface area contributed by atoms with Crippen LogP contribution in [0.5, 0.6) is 0 Å². The van der Waals surface area contributed by atoms with Gasteiger partial charge < -0.3 is 9.73 Å². The molecule has 1 heterocycles. The van der Waals surface area contributed by atoms with Crippen LogP contribution >= 0.6 is 23.2 Å². The van der Waals surface area contributed by atoms with Crippen LogP contribution in [0, 0.1) is 0 Å². The van der Waals surface area contributed by atoms with Crippen molar-refractivity contribution in [1.29, 1.82) is 0 Å². The maximum absolute atomic E-state index is 6.00. The van der Waals surface area contributed by atoms with Crippen molar-refractivity contribution in [3.05, 3.63) is 58.0 Å². The van der Waals surface area contributed by atoms with Crippen LogP contribution < -0.4 is 5.32 Å². The van der Waals surface area contributed by atoms with Gasteiger partial charge in [0.15, 0.2) is 0 Å². The van der Waals surface area contributed by atoms with Gasteiger partial charge in [-0.05, 0) is 42.9 Å². The van der Waals surface area contributed by atoms with E-state index < -0.39 is 0 Å². The second kappa shape index (κ2) is 5.58. The van der Waals surface area contributed by atoms with Crippen LogP contribution in [0.3, 0.4) is 0 Å². The number of hydrogen-bond donors (Lipinski definition) is 1. The molecule has 2 rings (SSSR count). The molecule has 2 aromatic rings. The first-order chi connectivity index (χ1) is 8.19. The highest BCUT2D eigenvalue weighted by atomic mass is 35.5. The molecule has 0 saturated heterocycles. The molecule has 1 atom stereocenters. The summed E-state index contributed by atoms with van der Waals surface area (Å²) in [5.74, 6) is 0.931. The molecule has 0 amide bonds. The Balaban J connectivity index is 2.22. The van der Waals surface area contributed by atoms with E-state index in [4.69, 9.17) is 27.6 Å². The highest BCUT2D eigenvalue weighted by Crippen LogP contribution is 2.25. The SMILES string of the molecule is CNC(Cc1ccco1)c1cc(Cl)cc(Cl)c1. The molecule has 4 heteroatoms. The summed E-state index contributed by atoms with van der Waals surface area (Å²) in [5, 5.41) is 4.52. The Morgan fingerprint density at radius 1 is 1.24 bits per heavy atom. The Bertz CT molecular complexity index is 462. The van der Waals surface area contributed by atoms with Crippen LogP contribution in [-0.2, 0) is 6.42 Å². The number of furan rings is 1. The zero-order valence-electron chi connectivity index (χ0n) is 9.41. The molecule has 0 saturated carbocycles. The molecule has 0 spiro atoms. The lowest BCUT2D eigenvalue weighted by Gasteiger charge is -2.16. The summed E-state index contributed by atoms with van der Waals surface area (Å²) in [7, 11) is 1.91. The molecular weight excluding hydrogens is 257 g/mol. The Hall–Kier alpha value is -0.960. The van der Waals surface area contributed by atoms with Crippen molar-refractivity contribution in [3.63, 3.8) is 0 Å². The zero-order valence-corrected chi connectivity index (χ0v) is 10.9. The van der Waals surface area contributed by atoms with Crippen molar-refractivity contribution < 1.29 is 4.42 Å². The highest BCUT2D eigenvalue weighted by molar-refractivity contribution is 6.34. The van der Waals surface area contributed by atoms with Gasteiger partial charge in [0, 0.05) is 22.5 Å². The molecule has 0 fully saturated rings. The van der Waals surface area contributed by atoms with Crippen molar-refractivity contribution in [1.82, 2.24) is 5.32 Å². The minimum Gasteiger partial charge on any atom is -0.469 e. The first-order valence-electron chi connectivity index (χ1n) is 5.34. The number of rotatable bonds is 4. The second-order valence-electron chi connectivity index (χ2n) is 3.83. The number of hydrogen-bond acceptors (Lipinski definition) is 2. The number of nitrogens with one attached hydrogen (secondary N) is 1. The molecule has 1 aromatic carbocycles.